The van der Waals surface area contributed by atoms with E-state index in [0.29, 0.717) is 17.8 Å². The summed E-state index contributed by atoms with van der Waals surface area (Å²) in [6.45, 7) is 2.01. The Bertz CT molecular complexity index is 1090. The molecule has 1 aliphatic rings. The molecule has 6 heteroatoms. The van der Waals surface area contributed by atoms with E-state index in [4.69, 9.17) is 14.5 Å². The quantitative estimate of drug-likeness (QED) is 0.582. The monoisotopic (exact) mass is 418 g/mol. The van der Waals surface area contributed by atoms with Gasteiger partial charge in [0.1, 0.15) is 0 Å². The van der Waals surface area contributed by atoms with Crippen molar-refractivity contribution in [1.29, 1.82) is 0 Å². The first-order valence-corrected chi connectivity index (χ1v) is 10.5. The smallest absolute Gasteiger partial charge is 0.340 e. The molecule has 0 spiro atoms. The van der Waals surface area contributed by atoms with E-state index in [1.54, 1.807) is 0 Å². The zero-order valence-electron chi connectivity index (χ0n) is 17.8. The molecule has 1 aliphatic heterocycles. The Morgan fingerprint density at radius 3 is 2.32 bits per heavy atom. The van der Waals surface area contributed by atoms with Gasteiger partial charge >= 0.3 is 11.9 Å². The molecule has 31 heavy (non-hydrogen) atoms. The molecule has 1 saturated heterocycles. The topological polar surface area (TPSA) is 68.7 Å². The van der Waals surface area contributed by atoms with Crippen LogP contribution in [0.25, 0.3) is 22.0 Å². The van der Waals surface area contributed by atoms with Crippen molar-refractivity contribution < 1.29 is 19.1 Å². The molecule has 1 fully saturated rings. The first kappa shape index (κ1) is 21.0. The van der Waals surface area contributed by atoms with Crippen molar-refractivity contribution in [3.63, 3.8) is 0 Å². The number of methoxy groups -OCH3 is 2. The maximum absolute atomic E-state index is 13.0. The molecule has 0 bridgehead atoms. The Morgan fingerprint density at radius 2 is 1.65 bits per heavy atom. The second-order valence-corrected chi connectivity index (χ2v) is 7.76. The molecule has 2 heterocycles. The average Bonchev–Trinajstić information content (AvgIpc) is 2.83. The van der Waals surface area contributed by atoms with Gasteiger partial charge in [0.25, 0.3) is 0 Å². The number of hydrogen-bond donors (Lipinski definition) is 0. The lowest BCUT2D eigenvalue weighted by molar-refractivity contribution is -0.147. The van der Waals surface area contributed by atoms with E-state index in [1.165, 1.54) is 14.2 Å². The van der Waals surface area contributed by atoms with Gasteiger partial charge in [0.2, 0.25) is 0 Å². The molecular weight excluding hydrogens is 392 g/mol. The fourth-order valence-corrected chi connectivity index (χ4v) is 4.31. The first-order chi connectivity index (χ1) is 15.1. The van der Waals surface area contributed by atoms with E-state index in [-0.39, 0.29) is 11.9 Å². The molecule has 0 amide bonds. The number of aromatic nitrogens is 1. The van der Waals surface area contributed by atoms with Crippen LogP contribution in [0.15, 0.2) is 54.6 Å². The zero-order valence-corrected chi connectivity index (χ0v) is 17.8. The molecule has 6 nitrogen and oxygen atoms in total. The highest BCUT2D eigenvalue weighted by molar-refractivity contribution is 6.07. The van der Waals surface area contributed by atoms with Crippen LogP contribution in [-0.4, -0.2) is 49.1 Å². The largest absolute Gasteiger partial charge is 0.469 e. The van der Waals surface area contributed by atoms with Crippen molar-refractivity contribution in [2.75, 3.05) is 27.3 Å². The van der Waals surface area contributed by atoms with Gasteiger partial charge in [-0.3, -0.25) is 14.7 Å². The van der Waals surface area contributed by atoms with Crippen LogP contribution in [0.5, 0.6) is 0 Å². The van der Waals surface area contributed by atoms with Gasteiger partial charge in [0.15, 0.2) is 0 Å². The molecular formula is C25H26N2O4. The van der Waals surface area contributed by atoms with Crippen LogP contribution in [-0.2, 0) is 20.8 Å². The van der Waals surface area contributed by atoms with Crippen LogP contribution in [0.1, 0.15) is 28.9 Å². The molecule has 1 aromatic heterocycles. The summed E-state index contributed by atoms with van der Waals surface area (Å²) in [6.07, 6.45) is 1.47. The van der Waals surface area contributed by atoms with Gasteiger partial charge in [-0.05, 0) is 37.6 Å². The van der Waals surface area contributed by atoms with Crippen LogP contribution < -0.4 is 0 Å². The van der Waals surface area contributed by atoms with Crippen LogP contribution in [0.2, 0.25) is 0 Å². The van der Waals surface area contributed by atoms with Crippen molar-refractivity contribution in [1.82, 2.24) is 9.88 Å². The fraction of sp³-hybridized carbons (Fsp3) is 0.320. The highest BCUT2D eigenvalue weighted by atomic mass is 16.5. The van der Waals surface area contributed by atoms with Gasteiger partial charge < -0.3 is 9.47 Å². The number of likely N-dealkylation sites (tertiary alicyclic amines) is 1. The van der Waals surface area contributed by atoms with Crippen molar-refractivity contribution in [3.8, 4) is 11.1 Å². The lowest BCUT2D eigenvalue weighted by Gasteiger charge is -2.31. The summed E-state index contributed by atoms with van der Waals surface area (Å²) in [6, 6.07) is 17.7. The van der Waals surface area contributed by atoms with E-state index in [0.717, 1.165) is 48.0 Å². The fourth-order valence-electron chi connectivity index (χ4n) is 4.31. The van der Waals surface area contributed by atoms with Crippen molar-refractivity contribution in [2.45, 2.75) is 19.4 Å². The number of hydrogen-bond acceptors (Lipinski definition) is 6. The predicted octanol–water partition coefficient (Wildman–Crippen LogP) is 4.07. The second-order valence-electron chi connectivity index (χ2n) is 7.76. The molecule has 4 rings (SSSR count). The summed E-state index contributed by atoms with van der Waals surface area (Å²) in [4.78, 5) is 31.9. The molecule has 0 saturated carbocycles. The predicted molar refractivity (Wildman–Crippen MR) is 119 cm³/mol. The minimum atomic E-state index is -0.392. The van der Waals surface area contributed by atoms with Crippen LogP contribution >= 0.6 is 0 Å². The highest BCUT2D eigenvalue weighted by Crippen LogP contribution is 2.34. The maximum atomic E-state index is 13.0. The minimum Gasteiger partial charge on any atom is -0.469 e. The van der Waals surface area contributed by atoms with Gasteiger partial charge in [-0.2, -0.15) is 0 Å². The third kappa shape index (κ3) is 4.30. The number of ether oxygens (including phenoxy) is 2. The normalized spacial score (nSPS) is 15.0. The molecule has 0 N–H and O–H groups in total. The SMILES string of the molecule is COC(=O)c1c(CN2CCC(C(=O)OC)CC2)nc2ccccc2c1-c1ccccc1. The summed E-state index contributed by atoms with van der Waals surface area (Å²) in [5.74, 6) is -0.604. The van der Waals surface area contributed by atoms with Crippen molar-refractivity contribution in [3.05, 3.63) is 65.9 Å². The van der Waals surface area contributed by atoms with E-state index in [9.17, 15) is 9.59 Å². The molecule has 0 aliphatic carbocycles. The van der Waals surface area contributed by atoms with Gasteiger partial charge in [0, 0.05) is 17.5 Å². The highest BCUT2D eigenvalue weighted by Gasteiger charge is 2.28. The van der Waals surface area contributed by atoms with Gasteiger partial charge in [-0.15, -0.1) is 0 Å². The van der Waals surface area contributed by atoms with Crippen LogP contribution in [0.4, 0.5) is 0 Å². The number of piperidine rings is 1. The lowest BCUT2D eigenvalue weighted by atomic mass is 9.93. The molecule has 0 radical (unpaired) electrons. The summed E-state index contributed by atoms with van der Waals surface area (Å²) in [5, 5.41) is 0.919. The standard InChI is InChI=1S/C25H26N2O4/c1-30-24(28)18-12-14-27(15-13-18)16-21-23(25(29)31-2)22(17-8-4-3-5-9-17)19-10-6-7-11-20(19)26-21/h3-11,18H,12-16H2,1-2H3. The number of rotatable bonds is 5. The van der Waals surface area contributed by atoms with E-state index in [1.807, 2.05) is 54.6 Å². The molecule has 160 valence electrons. The Kier molecular flexibility index (Phi) is 6.28. The van der Waals surface area contributed by atoms with Crippen LogP contribution in [0, 0.1) is 5.92 Å². The molecule has 3 aromatic rings. The summed E-state index contributed by atoms with van der Waals surface area (Å²) >= 11 is 0. The Balaban J connectivity index is 1.77. The number of pyridine rings is 1. The number of carbonyl (C=O) groups excluding carboxylic acids is 2. The number of benzene rings is 2. The number of nitrogens with zero attached hydrogens (tertiary/aromatic N) is 2. The lowest BCUT2D eigenvalue weighted by Crippen LogP contribution is -2.37. The number of carbonyl (C=O) groups is 2. The third-order valence-electron chi connectivity index (χ3n) is 5.91. The Morgan fingerprint density at radius 1 is 0.968 bits per heavy atom. The zero-order chi connectivity index (χ0) is 21.8. The van der Waals surface area contributed by atoms with Gasteiger partial charge in [-0.25, -0.2) is 4.79 Å². The van der Waals surface area contributed by atoms with Crippen molar-refractivity contribution in [2.24, 2.45) is 5.92 Å². The Hall–Kier alpha value is -3.25. The minimum absolute atomic E-state index is 0.0641. The average molecular weight is 418 g/mol. The van der Waals surface area contributed by atoms with E-state index >= 15 is 0 Å². The van der Waals surface area contributed by atoms with E-state index < -0.39 is 5.97 Å². The second kappa shape index (κ2) is 9.27. The molecule has 0 unspecified atom stereocenters. The molecule has 2 aromatic carbocycles. The first-order valence-electron chi connectivity index (χ1n) is 10.5. The summed E-state index contributed by atoms with van der Waals surface area (Å²) in [7, 11) is 2.83. The van der Waals surface area contributed by atoms with E-state index in [2.05, 4.69) is 4.90 Å². The van der Waals surface area contributed by atoms with Gasteiger partial charge in [-0.1, -0.05) is 48.5 Å². The maximum Gasteiger partial charge on any atom is 0.340 e. The van der Waals surface area contributed by atoms with Crippen molar-refractivity contribution >= 4 is 22.8 Å². The number of fused-ring (bicyclic) bond motifs is 1. The number of esters is 2. The summed E-state index contributed by atoms with van der Waals surface area (Å²) in [5.41, 5.74) is 3.83. The van der Waals surface area contributed by atoms with Gasteiger partial charge in [0.05, 0.1) is 36.9 Å². The number of para-hydroxylation sites is 1. The molecule has 0 atom stereocenters. The van der Waals surface area contributed by atoms with Crippen LogP contribution in [0.3, 0.4) is 0 Å². The summed E-state index contributed by atoms with van der Waals surface area (Å²) < 4.78 is 10.1. The Labute approximate surface area is 181 Å². The third-order valence-corrected chi connectivity index (χ3v) is 5.91.